The van der Waals surface area contributed by atoms with Crippen LogP contribution in [-0.2, 0) is 6.54 Å². The van der Waals surface area contributed by atoms with Crippen LogP contribution in [-0.4, -0.2) is 35.6 Å². The number of rotatable bonds is 6. The van der Waals surface area contributed by atoms with E-state index < -0.39 is 0 Å². The van der Waals surface area contributed by atoms with Crippen molar-refractivity contribution in [3.05, 3.63) is 30.1 Å². The zero-order chi connectivity index (χ0) is 12.0. The summed E-state index contributed by atoms with van der Waals surface area (Å²) < 4.78 is 0. The molecule has 90 valence electrons. The van der Waals surface area contributed by atoms with Crippen molar-refractivity contribution in [3.63, 3.8) is 0 Å². The Kier molecular flexibility index (Phi) is 5.43. The summed E-state index contributed by atoms with van der Waals surface area (Å²) in [6.45, 7) is 8.76. The number of hydrogen-bond donors (Lipinski definition) is 1. The van der Waals surface area contributed by atoms with Gasteiger partial charge in [0.15, 0.2) is 0 Å². The van der Waals surface area contributed by atoms with Crippen molar-refractivity contribution in [1.29, 1.82) is 0 Å². The van der Waals surface area contributed by atoms with Crippen LogP contribution in [0.15, 0.2) is 24.5 Å². The van der Waals surface area contributed by atoms with Crippen molar-refractivity contribution in [2.45, 2.75) is 39.4 Å². The minimum Gasteiger partial charge on any atom is -0.316 e. The first-order valence-corrected chi connectivity index (χ1v) is 5.99. The van der Waals surface area contributed by atoms with Gasteiger partial charge in [-0.05, 0) is 45.1 Å². The summed E-state index contributed by atoms with van der Waals surface area (Å²) >= 11 is 0. The largest absolute Gasteiger partial charge is 0.316 e. The van der Waals surface area contributed by atoms with Gasteiger partial charge in [0.1, 0.15) is 0 Å². The van der Waals surface area contributed by atoms with E-state index in [4.69, 9.17) is 0 Å². The molecule has 2 atom stereocenters. The summed E-state index contributed by atoms with van der Waals surface area (Å²) in [6, 6.07) is 5.20. The molecular weight excluding hydrogens is 198 g/mol. The highest BCUT2D eigenvalue weighted by atomic mass is 15.2. The molecular formula is C13H23N3. The van der Waals surface area contributed by atoms with E-state index in [-0.39, 0.29) is 0 Å². The maximum Gasteiger partial charge on any atom is 0.0271 e. The molecule has 1 rings (SSSR count). The fourth-order valence-corrected chi connectivity index (χ4v) is 1.82. The molecule has 0 aliphatic heterocycles. The van der Waals surface area contributed by atoms with E-state index in [9.17, 15) is 0 Å². The molecule has 0 bridgehead atoms. The second-order valence-electron chi connectivity index (χ2n) is 4.24. The molecule has 1 aromatic rings. The highest BCUT2D eigenvalue weighted by Crippen LogP contribution is 2.09. The number of likely N-dealkylation sites (N-methyl/N-ethyl adjacent to an activating group) is 2. The lowest BCUT2D eigenvalue weighted by Crippen LogP contribution is -2.45. The molecule has 0 aromatic carbocycles. The van der Waals surface area contributed by atoms with Crippen LogP contribution in [0.2, 0.25) is 0 Å². The average molecular weight is 221 g/mol. The Morgan fingerprint density at radius 1 is 1.31 bits per heavy atom. The van der Waals surface area contributed by atoms with E-state index in [1.54, 1.807) is 0 Å². The Morgan fingerprint density at radius 3 is 2.44 bits per heavy atom. The van der Waals surface area contributed by atoms with Gasteiger partial charge in [0.2, 0.25) is 0 Å². The summed E-state index contributed by atoms with van der Waals surface area (Å²) in [4.78, 5) is 6.51. The van der Waals surface area contributed by atoms with Gasteiger partial charge in [-0.2, -0.15) is 0 Å². The van der Waals surface area contributed by atoms with Crippen LogP contribution >= 0.6 is 0 Å². The van der Waals surface area contributed by atoms with Crippen molar-refractivity contribution in [2.24, 2.45) is 0 Å². The third kappa shape index (κ3) is 3.58. The Balaban J connectivity index is 2.62. The first-order chi connectivity index (χ1) is 7.69. The smallest absolute Gasteiger partial charge is 0.0271 e. The molecule has 0 radical (unpaired) electrons. The van der Waals surface area contributed by atoms with Crippen LogP contribution in [0, 0.1) is 0 Å². The normalized spacial score (nSPS) is 15.1. The van der Waals surface area contributed by atoms with E-state index in [1.165, 1.54) is 5.56 Å². The SMILES string of the molecule is CCN(Cc1ccncc1)C(C)C(C)NC. The number of hydrogen-bond acceptors (Lipinski definition) is 3. The van der Waals surface area contributed by atoms with Crippen molar-refractivity contribution in [2.75, 3.05) is 13.6 Å². The van der Waals surface area contributed by atoms with E-state index in [2.05, 4.69) is 48.1 Å². The van der Waals surface area contributed by atoms with Crippen molar-refractivity contribution in [1.82, 2.24) is 15.2 Å². The van der Waals surface area contributed by atoms with Gasteiger partial charge in [-0.25, -0.2) is 0 Å². The van der Waals surface area contributed by atoms with Crippen LogP contribution in [0.4, 0.5) is 0 Å². The first kappa shape index (κ1) is 13.1. The second-order valence-corrected chi connectivity index (χ2v) is 4.24. The molecule has 0 spiro atoms. The van der Waals surface area contributed by atoms with E-state index >= 15 is 0 Å². The minimum absolute atomic E-state index is 0.502. The van der Waals surface area contributed by atoms with Crippen molar-refractivity contribution in [3.8, 4) is 0 Å². The van der Waals surface area contributed by atoms with Crippen LogP contribution in [0.25, 0.3) is 0 Å². The highest BCUT2D eigenvalue weighted by Gasteiger charge is 2.17. The molecule has 2 unspecified atom stereocenters. The minimum atomic E-state index is 0.502. The molecule has 16 heavy (non-hydrogen) atoms. The Bertz CT molecular complexity index is 286. The van der Waals surface area contributed by atoms with Gasteiger partial charge in [-0.15, -0.1) is 0 Å². The zero-order valence-electron chi connectivity index (χ0n) is 10.8. The van der Waals surface area contributed by atoms with E-state index in [1.807, 2.05) is 19.4 Å². The molecule has 1 N–H and O–H groups in total. The van der Waals surface area contributed by atoms with Gasteiger partial charge in [0.05, 0.1) is 0 Å². The molecule has 3 heteroatoms. The molecule has 0 fully saturated rings. The topological polar surface area (TPSA) is 28.2 Å². The predicted octanol–water partition coefficient (Wildman–Crippen LogP) is 1.90. The van der Waals surface area contributed by atoms with E-state index in [0.717, 1.165) is 13.1 Å². The van der Waals surface area contributed by atoms with Crippen molar-refractivity contribution >= 4 is 0 Å². The van der Waals surface area contributed by atoms with Gasteiger partial charge in [-0.3, -0.25) is 9.88 Å². The van der Waals surface area contributed by atoms with Gasteiger partial charge in [0, 0.05) is 31.0 Å². The van der Waals surface area contributed by atoms with Gasteiger partial charge in [-0.1, -0.05) is 6.92 Å². The summed E-state index contributed by atoms with van der Waals surface area (Å²) in [5, 5.41) is 3.31. The van der Waals surface area contributed by atoms with Gasteiger partial charge < -0.3 is 5.32 Å². The average Bonchev–Trinajstić information content (AvgIpc) is 2.35. The lowest BCUT2D eigenvalue weighted by atomic mass is 10.1. The molecule has 1 heterocycles. The molecule has 0 saturated heterocycles. The molecule has 1 aromatic heterocycles. The van der Waals surface area contributed by atoms with Crippen molar-refractivity contribution < 1.29 is 0 Å². The number of nitrogens with one attached hydrogen (secondary N) is 1. The monoisotopic (exact) mass is 221 g/mol. The maximum atomic E-state index is 4.04. The third-order valence-corrected chi connectivity index (χ3v) is 3.30. The Morgan fingerprint density at radius 2 is 1.94 bits per heavy atom. The van der Waals surface area contributed by atoms with Crippen LogP contribution in [0.3, 0.4) is 0 Å². The number of pyridine rings is 1. The number of aromatic nitrogens is 1. The summed E-state index contributed by atoms with van der Waals surface area (Å²) in [5.41, 5.74) is 1.33. The van der Waals surface area contributed by atoms with Crippen LogP contribution in [0.5, 0.6) is 0 Å². The van der Waals surface area contributed by atoms with E-state index in [0.29, 0.717) is 12.1 Å². The molecule has 3 nitrogen and oxygen atoms in total. The highest BCUT2D eigenvalue weighted by molar-refractivity contribution is 5.09. The number of nitrogens with zero attached hydrogens (tertiary/aromatic N) is 2. The molecule has 0 aliphatic rings. The lowest BCUT2D eigenvalue weighted by Gasteiger charge is -2.32. The summed E-state index contributed by atoms with van der Waals surface area (Å²) in [5.74, 6) is 0. The fraction of sp³-hybridized carbons (Fsp3) is 0.615. The van der Waals surface area contributed by atoms with Crippen LogP contribution in [0.1, 0.15) is 26.3 Å². The maximum absolute atomic E-state index is 4.04. The van der Waals surface area contributed by atoms with Gasteiger partial charge in [0.25, 0.3) is 0 Å². The quantitative estimate of drug-likeness (QED) is 0.795. The predicted molar refractivity (Wildman–Crippen MR) is 68.3 cm³/mol. The Labute approximate surface area is 98.9 Å². The first-order valence-electron chi connectivity index (χ1n) is 5.99. The summed E-state index contributed by atoms with van der Waals surface area (Å²) in [7, 11) is 2.02. The molecule has 0 amide bonds. The third-order valence-electron chi connectivity index (χ3n) is 3.30. The fourth-order valence-electron chi connectivity index (χ4n) is 1.82. The van der Waals surface area contributed by atoms with Crippen LogP contribution < -0.4 is 5.32 Å². The standard InChI is InChI=1S/C13H23N3/c1-5-16(12(3)11(2)14-4)10-13-6-8-15-9-7-13/h6-9,11-12,14H,5,10H2,1-4H3. The molecule has 0 aliphatic carbocycles. The van der Waals surface area contributed by atoms with Gasteiger partial charge >= 0.3 is 0 Å². The zero-order valence-corrected chi connectivity index (χ0v) is 10.8. The Hall–Kier alpha value is -0.930. The second kappa shape index (κ2) is 6.61. The summed E-state index contributed by atoms with van der Waals surface area (Å²) in [6.07, 6.45) is 3.71. The lowest BCUT2D eigenvalue weighted by molar-refractivity contribution is 0.179. The molecule has 0 saturated carbocycles.